The number of ether oxygens (including phenoxy) is 1. The van der Waals surface area contributed by atoms with Crippen LogP contribution < -0.4 is 10.3 Å². The molecule has 8 heteroatoms. The maximum absolute atomic E-state index is 12.4. The van der Waals surface area contributed by atoms with Crippen LogP contribution >= 0.6 is 24.8 Å². The Morgan fingerprint density at radius 2 is 1.84 bits per heavy atom. The molecule has 0 amide bonds. The number of aromatic nitrogens is 2. The van der Waals surface area contributed by atoms with Crippen molar-refractivity contribution in [3.63, 3.8) is 0 Å². The minimum Gasteiger partial charge on any atom is -0.497 e. The van der Waals surface area contributed by atoms with E-state index in [1.54, 1.807) is 23.8 Å². The lowest BCUT2D eigenvalue weighted by atomic mass is 9.89. The van der Waals surface area contributed by atoms with Gasteiger partial charge in [0.1, 0.15) is 11.4 Å². The zero-order valence-electron chi connectivity index (χ0n) is 17.7. The van der Waals surface area contributed by atoms with Crippen LogP contribution in [0, 0.1) is 11.8 Å². The summed E-state index contributed by atoms with van der Waals surface area (Å²) < 4.78 is 6.91. The van der Waals surface area contributed by atoms with Crippen LogP contribution in [0.2, 0.25) is 0 Å². The van der Waals surface area contributed by atoms with Crippen molar-refractivity contribution < 1.29 is 4.74 Å². The van der Waals surface area contributed by atoms with Crippen molar-refractivity contribution in [2.75, 3.05) is 33.8 Å². The molecule has 0 bridgehead atoms. The van der Waals surface area contributed by atoms with Gasteiger partial charge in [-0.25, -0.2) is 4.98 Å². The summed E-state index contributed by atoms with van der Waals surface area (Å²) in [6, 6.07) is 16.2. The van der Waals surface area contributed by atoms with Crippen molar-refractivity contribution in [1.82, 2.24) is 19.2 Å². The maximum atomic E-state index is 12.4. The van der Waals surface area contributed by atoms with Gasteiger partial charge in [0.05, 0.1) is 12.8 Å². The molecule has 3 aromatic rings. The molecule has 3 atom stereocenters. The summed E-state index contributed by atoms with van der Waals surface area (Å²) in [5.41, 5.74) is 2.91. The number of nitrogens with zero attached hydrogens (tertiary/aromatic N) is 4. The van der Waals surface area contributed by atoms with Gasteiger partial charge in [-0.05, 0) is 48.7 Å². The second-order valence-electron chi connectivity index (χ2n) is 8.29. The molecule has 0 spiro atoms. The Kier molecular flexibility index (Phi) is 7.27. The molecule has 0 aliphatic carbocycles. The zero-order chi connectivity index (χ0) is 20.0. The first-order valence-corrected chi connectivity index (χ1v) is 10.2. The van der Waals surface area contributed by atoms with Gasteiger partial charge in [0.15, 0.2) is 0 Å². The van der Waals surface area contributed by atoms with Crippen LogP contribution in [0.1, 0.15) is 17.3 Å². The standard InChI is InChI=1S/C23H26N4O2.2ClH/c1-25-12-17-13-26(14-18-11-22(28)27-10-4-3-5-21(27)24-18)15-20(17)23(25)16-6-8-19(29-2)9-7-16;;/h3-11,17,20,23H,12-15H2,1-2H3;2*1H/t17-,20+,23-;;/m0../s1. The van der Waals surface area contributed by atoms with E-state index in [2.05, 4.69) is 41.1 Å². The number of halogens is 2. The van der Waals surface area contributed by atoms with E-state index in [0.717, 1.165) is 37.6 Å². The van der Waals surface area contributed by atoms with Crippen LogP contribution in [0.15, 0.2) is 59.5 Å². The first-order chi connectivity index (χ1) is 14.1. The molecule has 6 nitrogen and oxygen atoms in total. The molecule has 0 saturated carbocycles. The van der Waals surface area contributed by atoms with Crippen LogP contribution in [-0.2, 0) is 6.54 Å². The molecule has 2 aliphatic heterocycles. The average Bonchev–Trinajstić information content (AvgIpc) is 3.23. The van der Waals surface area contributed by atoms with Gasteiger partial charge in [0, 0.05) is 44.5 Å². The Hall–Kier alpha value is -2.12. The Balaban J connectivity index is 0.00000136. The van der Waals surface area contributed by atoms with Crippen molar-refractivity contribution in [2.24, 2.45) is 11.8 Å². The van der Waals surface area contributed by atoms with Crippen LogP contribution in [0.4, 0.5) is 0 Å². The lowest BCUT2D eigenvalue weighted by Crippen LogP contribution is -2.29. The number of pyridine rings is 1. The summed E-state index contributed by atoms with van der Waals surface area (Å²) in [5, 5.41) is 0. The van der Waals surface area contributed by atoms with E-state index < -0.39 is 0 Å². The average molecular weight is 463 g/mol. The lowest BCUT2D eigenvalue weighted by Gasteiger charge is -2.27. The largest absolute Gasteiger partial charge is 0.497 e. The van der Waals surface area contributed by atoms with E-state index >= 15 is 0 Å². The molecular weight excluding hydrogens is 435 g/mol. The van der Waals surface area contributed by atoms with Crippen molar-refractivity contribution in [3.05, 3.63) is 76.3 Å². The van der Waals surface area contributed by atoms with Crippen LogP contribution in [0.5, 0.6) is 5.75 Å². The Morgan fingerprint density at radius 1 is 1.06 bits per heavy atom. The van der Waals surface area contributed by atoms with Gasteiger partial charge >= 0.3 is 0 Å². The normalized spacial score (nSPS) is 23.2. The molecule has 4 heterocycles. The monoisotopic (exact) mass is 462 g/mol. The SMILES string of the molecule is COc1ccc([C@H]2[C@@H]3CN(Cc4cc(=O)n5ccccc5n4)C[C@@H]3CN2C)cc1.Cl.Cl. The summed E-state index contributed by atoms with van der Waals surface area (Å²) in [5.74, 6) is 2.14. The van der Waals surface area contributed by atoms with Crippen molar-refractivity contribution in [2.45, 2.75) is 12.6 Å². The van der Waals surface area contributed by atoms with Gasteiger partial charge in [-0.3, -0.25) is 19.0 Å². The highest BCUT2D eigenvalue weighted by Gasteiger charge is 2.45. The molecular formula is C23H28Cl2N4O2. The third-order valence-corrected chi connectivity index (χ3v) is 6.44. The lowest BCUT2D eigenvalue weighted by molar-refractivity contribution is 0.223. The molecule has 5 rings (SSSR count). The van der Waals surface area contributed by atoms with Crippen LogP contribution in [0.25, 0.3) is 5.65 Å². The number of hydrogen-bond acceptors (Lipinski definition) is 5. The highest BCUT2D eigenvalue weighted by molar-refractivity contribution is 5.85. The smallest absolute Gasteiger partial charge is 0.258 e. The summed E-state index contributed by atoms with van der Waals surface area (Å²) in [6.45, 7) is 3.91. The predicted octanol–water partition coefficient (Wildman–Crippen LogP) is 3.28. The fourth-order valence-corrected chi connectivity index (χ4v) is 5.19. The predicted molar refractivity (Wildman–Crippen MR) is 127 cm³/mol. The molecule has 31 heavy (non-hydrogen) atoms. The Bertz CT molecular complexity index is 1090. The molecule has 0 radical (unpaired) electrons. The van der Waals surface area contributed by atoms with Gasteiger partial charge in [0.2, 0.25) is 0 Å². The van der Waals surface area contributed by atoms with Crippen LogP contribution in [0.3, 0.4) is 0 Å². The molecule has 0 N–H and O–H groups in total. The van der Waals surface area contributed by atoms with Gasteiger partial charge < -0.3 is 4.74 Å². The van der Waals surface area contributed by atoms with E-state index in [1.807, 2.05) is 18.2 Å². The number of rotatable bonds is 4. The zero-order valence-corrected chi connectivity index (χ0v) is 19.3. The molecule has 0 unspecified atom stereocenters. The Labute approximate surface area is 194 Å². The summed E-state index contributed by atoms with van der Waals surface area (Å²) in [4.78, 5) is 22.0. The minimum atomic E-state index is -0.0131. The molecule has 1 aromatic carbocycles. The van der Waals surface area contributed by atoms with E-state index in [0.29, 0.717) is 23.5 Å². The van der Waals surface area contributed by atoms with E-state index in [1.165, 1.54) is 5.56 Å². The van der Waals surface area contributed by atoms with Gasteiger partial charge in [-0.1, -0.05) is 18.2 Å². The Morgan fingerprint density at radius 3 is 2.58 bits per heavy atom. The number of fused-ring (bicyclic) bond motifs is 2. The van der Waals surface area contributed by atoms with Gasteiger partial charge in [0.25, 0.3) is 5.56 Å². The summed E-state index contributed by atoms with van der Waals surface area (Å²) in [7, 11) is 3.93. The van der Waals surface area contributed by atoms with Crippen LogP contribution in [-0.4, -0.2) is 53.0 Å². The van der Waals surface area contributed by atoms with E-state index in [-0.39, 0.29) is 30.4 Å². The van der Waals surface area contributed by atoms with E-state index in [4.69, 9.17) is 9.72 Å². The number of methoxy groups -OCH3 is 1. The van der Waals surface area contributed by atoms with Crippen molar-refractivity contribution in [1.29, 1.82) is 0 Å². The maximum Gasteiger partial charge on any atom is 0.258 e. The number of benzene rings is 1. The summed E-state index contributed by atoms with van der Waals surface area (Å²) in [6.07, 6.45) is 1.77. The second-order valence-corrected chi connectivity index (χ2v) is 8.29. The van der Waals surface area contributed by atoms with E-state index in [9.17, 15) is 4.79 Å². The molecule has 166 valence electrons. The van der Waals surface area contributed by atoms with Crippen molar-refractivity contribution in [3.8, 4) is 5.75 Å². The molecule has 2 fully saturated rings. The third kappa shape index (κ3) is 4.44. The quantitative estimate of drug-likeness (QED) is 0.595. The van der Waals surface area contributed by atoms with Gasteiger partial charge in [-0.2, -0.15) is 0 Å². The first-order valence-electron chi connectivity index (χ1n) is 10.2. The molecule has 2 aliphatic rings. The third-order valence-electron chi connectivity index (χ3n) is 6.44. The first kappa shape index (κ1) is 23.5. The fraction of sp³-hybridized carbons (Fsp3) is 0.391. The topological polar surface area (TPSA) is 50.1 Å². The molecule has 2 aromatic heterocycles. The highest BCUT2D eigenvalue weighted by atomic mass is 35.5. The number of hydrogen-bond donors (Lipinski definition) is 0. The fourth-order valence-electron chi connectivity index (χ4n) is 5.19. The highest BCUT2D eigenvalue weighted by Crippen LogP contribution is 2.44. The van der Waals surface area contributed by atoms with Gasteiger partial charge in [-0.15, -0.1) is 24.8 Å². The van der Waals surface area contributed by atoms with Crippen molar-refractivity contribution >= 4 is 30.5 Å². The summed E-state index contributed by atoms with van der Waals surface area (Å²) >= 11 is 0. The number of likely N-dealkylation sites (tertiary alicyclic amines) is 2. The molecule has 2 saturated heterocycles. The second kappa shape index (κ2) is 9.57. The minimum absolute atomic E-state index is 0.